The summed E-state index contributed by atoms with van der Waals surface area (Å²) >= 11 is -1.95. The van der Waals surface area contributed by atoms with Crippen molar-refractivity contribution in [2.24, 2.45) is 0 Å². The smallest absolute Gasteiger partial charge is 0.200 e. The number of ether oxygens (including phenoxy) is 1. The molecule has 1 aromatic rings. The fourth-order valence-electron chi connectivity index (χ4n) is 4.12. The van der Waals surface area contributed by atoms with Gasteiger partial charge in [-0.2, -0.15) is 0 Å². The lowest BCUT2D eigenvalue weighted by Crippen LogP contribution is -2.47. The number of rotatable bonds is 11. The molecule has 1 rings (SSSR count). The summed E-state index contributed by atoms with van der Waals surface area (Å²) in [4.78, 5) is 0.389. The lowest BCUT2D eigenvalue weighted by atomic mass is 10.1. The van der Waals surface area contributed by atoms with E-state index in [4.69, 9.17) is 13.7 Å². The SMILES string of the molecule is CO/C(=C\CCCO[Si](C(C)C)(C(C)C)C(C)C)c1ccc(S(=O)O)cc1. The Bertz CT molecular complexity index is 602. The Morgan fingerprint density at radius 2 is 1.59 bits per heavy atom. The average Bonchev–Trinajstić information content (AvgIpc) is 2.60. The molecule has 0 saturated carbocycles. The summed E-state index contributed by atoms with van der Waals surface area (Å²) in [7, 11) is -0.151. The maximum Gasteiger partial charge on any atom is 0.200 e. The summed E-state index contributed by atoms with van der Waals surface area (Å²) < 4.78 is 32.3. The van der Waals surface area contributed by atoms with Gasteiger partial charge in [-0.05, 0) is 59.8 Å². The third-order valence-electron chi connectivity index (χ3n) is 5.30. The fourth-order valence-corrected chi connectivity index (χ4v) is 9.99. The molecule has 154 valence electrons. The van der Waals surface area contributed by atoms with Crippen LogP contribution in [0.25, 0.3) is 5.76 Å². The van der Waals surface area contributed by atoms with Crippen LogP contribution in [-0.2, 0) is 20.2 Å². The Hall–Kier alpha value is -0.953. The van der Waals surface area contributed by atoms with E-state index in [9.17, 15) is 4.21 Å². The average molecular weight is 413 g/mol. The van der Waals surface area contributed by atoms with Crippen molar-refractivity contribution in [1.82, 2.24) is 0 Å². The molecule has 1 N–H and O–H groups in total. The summed E-state index contributed by atoms with van der Waals surface area (Å²) in [5.41, 5.74) is 2.69. The van der Waals surface area contributed by atoms with Crippen molar-refractivity contribution >= 4 is 25.2 Å². The van der Waals surface area contributed by atoms with Crippen LogP contribution in [0, 0.1) is 0 Å². The van der Waals surface area contributed by atoms with Crippen molar-refractivity contribution in [3.8, 4) is 0 Å². The van der Waals surface area contributed by atoms with Crippen LogP contribution < -0.4 is 0 Å². The van der Waals surface area contributed by atoms with E-state index >= 15 is 0 Å². The van der Waals surface area contributed by atoms with Crippen molar-refractivity contribution in [1.29, 1.82) is 0 Å². The van der Waals surface area contributed by atoms with E-state index in [2.05, 4.69) is 47.6 Å². The maximum absolute atomic E-state index is 11.1. The van der Waals surface area contributed by atoms with E-state index in [0.717, 1.165) is 30.8 Å². The van der Waals surface area contributed by atoms with Crippen molar-refractivity contribution in [3.05, 3.63) is 35.9 Å². The molecule has 27 heavy (non-hydrogen) atoms. The number of hydrogen-bond acceptors (Lipinski definition) is 3. The standard InChI is InChI=1S/C21H36O4SSi/c1-16(2)27(17(3)4,18(5)6)25-15-9-8-10-21(24-7)19-11-13-20(14-12-19)26(22)23/h10-14,16-18H,8-9,15H2,1-7H3,(H,22,23)/b21-10-. The summed E-state index contributed by atoms with van der Waals surface area (Å²) in [6, 6.07) is 6.91. The van der Waals surface area contributed by atoms with Gasteiger partial charge >= 0.3 is 0 Å². The molecule has 1 unspecified atom stereocenters. The van der Waals surface area contributed by atoms with E-state index in [1.807, 2.05) is 12.1 Å². The maximum atomic E-state index is 11.1. The van der Waals surface area contributed by atoms with Crippen molar-refractivity contribution < 1.29 is 17.9 Å². The molecule has 1 atom stereocenters. The minimum atomic E-state index is -1.95. The Morgan fingerprint density at radius 3 is 2.00 bits per heavy atom. The zero-order valence-corrected chi connectivity index (χ0v) is 19.6. The predicted octanol–water partition coefficient (Wildman–Crippen LogP) is 6.23. The first-order valence-electron chi connectivity index (χ1n) is 9.76. The van der Waals surface area contributed by atoms with Gasteiger partial charge in [-0.3, -0.25) is 0 Å². The van der Waals surface area contributed by atoms with Gasteiger partial charge < -0.3 is 13.7 Å². The molecule has 0 saturated heterocycles. The molecule has 0 amide bonds. The van der Waals surface area contributed by atoms with Crippen LogP contribution >= 0.6 is 0 Å². The van der Waals surface area contributed by atoms with Gasteiger partial charge in [0.2, 0.25) is 0 Å². The van der Waals surface area contributed by atoms with Crippen LogP contribution in [0.1, 0.15) is 59.9 Å². The minimum Gasteiger partial charge on any atom is -0.496 e. The molecule has 0 aromatic heterocycles. The summed E-state index contributed by atoms with van der Waals surface area (Å²) in [6.45, 7) is 14.6. The van der Waals surface area contributed by atoms with Crippen LogP contribution in [0.4, 0.5) is 0 Å². The molecule has 0 aliphatic rings. The van der Waals surface area contributed by atoms with Crippen LogP contribution in [0.5, 0.6) is 0 Å². The van der Waals surface area contributed by atoms with Gasteiger partial charge in [-0.15, -0.1) is 0 Å². The fraction of sp³-hybridized carbons (Fsp3) is 0.619. The molecular formula is C21H36O4SSi. The topological polar surface area (TPSA) is 55.8 Å². The van der Waals surface area contributed by atoms with E-state index in [0.29, 0.717) is 21.5 Å². The highest BCUT2D eigenvalue weighted by molar-refractivity contribution is 7.79. The van der Waals surface area contributed by atoms with Crippen LogP contribution in [-0.4, -0.2) is 30.8 Å². The monoisotopic (exact) mass is 412 g/mol. The Kier molecular flexibility index (Phi) is 9.94. The molecule has 0 bridgehead atoms. The highest BCUT2D eigenvalue weighted by atomic mass is 32.2. The second-order valence-electron chi connectivity index (χ2n) is 7.85. The molecule has 0 spiro atoms. The van der Waals surface area contributed by atoms with Crippen molar-refractivity contribution in [3.63, 3.8) is 0 Å². The summed E-state index contributed by atoms with van der Waals surface area (Å²) in [5.74, 6) is 0.783. The molecule has 1 aromatic carbocycles. The number of hydrogen-bond donors (Lipinski definition) is 1. The highest BCUT2D eigenvalue weighted by Gasteiger charge is 2.44. The second-order valence-corrected chi connectivity index (χ2v) is 14.3. The molecule has 0 heterocycles. The van der Waals surface area contributed by atoms with Crippen molar-refractivity contribution in [2.45, 2.75) is 75.9 Å². The molecule has 0 radical (unpaired) electrons. The van der Waals surface area contributed by atoms with Gasteiger partial charge in [-0.25, -0.2) is 4.21 Å². The largest absolute Gasteiger partial charge is 0.496 e. The normalized spacial score (nSPS) is 14.3. The number of allylic oxidation sites excluding steroid dienone is 1. The molecule has 4 nitrogen and oxygen atoms in total. The second kappa shape index (κ2) is 11.1. The highest BCUT2D eigenvalue weighted by Crippen LogP contribution is 2.42. The van der Waals surface area contributed by atoms with E-state index in [1.165, 1.54) is 0 Å². The zero-order valence-electron chi connectivity index (χ0n) is 17.8. The van der Waals surface area contributed by atoms with E-state index in [1.54, 1.807) is 19.2 Å². The van der Waals surface area contributed by atoms with E-state index in [-0.39, 0.29) is 0 Å². The molecule has 6 heteroatoms. The van der Waals surface area contributed by atoms with Gasteiger partial charge in [0.05, 0.1) is 12.0 Å². The molecule has 0 aliphatic carbocycles. The van der Waals surface area contributed by atoms with Crippen LogP contribution in [0.3, 0.4) is 0 Å². The summed E-state index contributed by atoms with van der Waals surface area (Å²) in [5, 5.41) is 0. The number of unbranched alkanes of at least 4 members (excludes halogenated alkanes) is 1. The van der Waals surface area contributed by atoms with Gasteiger partial charge in [-0.1, -0.05) is 41.5 Å². The van der Waals surface area contributed by atoms with Gasteiger partial charge in [0.25, 0.3) is 0 Å². The van der Waals surface area contributed by atoms with Crippen molar-refractivity contribution in [2.75, 3.05) is 13.7 Å². The van der Waals surface area contributed by atoms with Crippen LogP contribution in [0.15, 0.2) is 35.2 Å². The summed E-state index contributed by atoms with van der Waals surface area (Å²) in [6.07, 6.45) is 3.89. The Labute approximate surface area is 168 Å². The minimum absolute atomic E-state index is 0.389. The zero-order chi connectivity index (χ0) is 20.6. The first kappa shape index (κ1) is 24.1. The first-order chi connectivity index (χ1) is 12.7. The Balaban J connectivity index is 2.69. The van der Waals surface area contributed by atoms with Gasteiger partial charge in [0.1, 0.15) is 5.76 Å². The third-order valence-corrected chi connectivity index (χ3v) is 12.1. The van der Waals surface area contributed by atoms with Crippen LogP contribution in [0.2, 0.25) is 16.6 Å². The lowest BCUT2D eigenvalue weighted by molar-refractivity contribution is 0.273. The third kappa shape index (κ3) is 6.27. The quantitative estimate of drug-likeness (QED) is 0.203. The van der Waals surface area contributed by atoms with E-state index < -0.39 is 19.4 Å². The Morgan fingerprint density at radius 1 is 1.07 bits per heavy atom. The molecule has 0 aliphatic heterocycles. The number of benzene rings is 1. The first-order valence-corrected chi connectivity index (χ1v) is 13.0. The van der Waals surface area contributed by atoms with Gasteiger partial charge in [0, 0.05) is 12.2 Å². The number of methoxy groups -OCH3 is 1. The van der Waals surface area contributed by atoms with Gasteiger partial charge in [0.15, 0.2) is 19.4 Å². The molecular weight excluding hydrogens is 376 g/mol. The lowest BCUT2D eigenvalue weighted by Gasteiger charge is -2.42. The molecule has 0 fully saturated rings. The predicted molar refractivity (Wildman–Crippen MR) is 117 cm³/mol.